The second kappa shape index (κ2) is 3.98. The fraction of sp³-hybridized carbons (Fsp3) is 0.444. The van der Waals surface area contributed by atoms with Gasteiger partial charge >= 0.3 is 0 Å². The number of nitrogens with zero attached hydrogens (tertiary/aromatic N) is 3. The Morgan fingerprint density at radius 2 is 2.40 bits per heavy atom. The molecule has 0 aliphatic carbocycles. The van der Waals surface area contributed by atoms with Gasteiger partial charge < -0.3 is 4.52 Å². The first-order valence-corrected chi connectivity index (χ1v) is 5.13. The summed E-state index contributed by atoms with van der Waals surface area (Å²) in [7, 11) is 0. The molecule has 0 fully saturated rings. The van der Waals surface area contributed by atoms with Crippen LogP contribution in [0, 0.1) is 4.77 Å². The van der Waals surface area contributed by atoms with Crippen LogP contribution in [0.25, 0.3) is 0 Å². The predicted octanol–water partition coefficient (Wildman–Crippen LogP) is 2.10. The van der Waals surface area contributed by atoms with Crippen molar-refractivity contribution in [1.29, 1.82) is 0 Å². The zero-order chi connectivity index (χ0) is 10.8. The number of nitrogens with one attached hydrogen (secondary N) is 1. The lowest BCUT2D eigenvalue weighted by molar-refractivity contribution is 0.408. The Morgan fingerprint density at radius 3 is 3.00 bits per heavy atom. The first-order valence-electron chi connectivity index (χ1n) is 4.73. The lowest BCUT2D eigenvalue weighted by Gasteiger charge is -2.06. The van der Waals surface area contributed by atoms with Crippen molar-refractivity contribution >= 4 is 12.2 Å². The maximum Gasteiger partial charge on any atom is 0.195 e. The zero-order valence-electron chi connectivity index (χ0n) is 8.60. The van der Waals surface area contributed by atoms with Crippen molar-refractivity contribution in [1.82, 2.24) is 19.9 Å². The second-order valence-electron chi connectivity index (χ2n) is 3.62. The van der Waals surface area contributed by atoms with Crippen molar-refractivity contribution in [3.63, 3.8) is 0 Å². The van der Waals surface area contributed by atoms with Crippen LogP contribution in [0.4, 0.5) is 0 Å². The molecule has 0 spiro atoms. The van der Waals surface area contributed by atoms with E-state index in [4.69, 9.17) is 16.7 Å². The van der Waals surface area contributed by atoms with Crippen LogP contribution in [0.3, 0.4) is 0 Å². The van der Waals surface area contributed by atoms with E-state index in [1.165, 1.54) is 0 Å². The highest BCUT2D eigenvalue weighted by Gasteiger charge is 2.11. The number of rotatable bonds is 3. The van der Waals surface area contributed by atoms with E-state index in [1.54, 1.807) is 6.26 Å². The van der Waals surface area contributed by atoms with E-state index in [0.29, 0.717) is 17.2 Å². The fourth-order valence-electron chi connectivity index (χ4n) is 1.40. The molecule has 0 aliphatic rings. The smallest absolute Gasteiger partial charge is 0.195 e. The quantitative estimate of drug-likeness (QED) is 0.811. The SMILES string of the molecule is CC(C)c1n[nH]c(=S)n1Cc1ccon1. The van der Waals surface area contributed by atoms with E-state index in [2.05, 4.69) is 29.2 Å². The molecule has 0 amide bonds. The lowest BCUT2D eigenvalue weighted by atomic mass is 10.2. The van der Waals surface area contributed by atoms with Gasteiger partial charge in [-0.25, -0.2) is 0 Å². The summed E-state index contributed by atoms with van der Waals surface area (Å²) in [6, 6.07) is 1.82. The van der Waals surface area contributed by atoms with Crippen LogP contribution in [-0.2, 0) is 6.54 Å². The molecule has 6 heteroatoms. The fourth-order valence-corrected chi connectivity index (χ4v) is 1.61. The van der Waals surface area contributed by atoms with Crippen molar-refractivity contribution in [2.75, 3.05) is 0 Å². The average Bonchev–Trinajstić information content (AvgIpc) is 2.78. The van der Waals surface area contributed by atoms with E-state index < -0.39 is 0 Å². The van der Waals surface area contributed by atoms with Crippen LogP contribution >= 0.6 is 12.2 Å². The first-order chi connectivity index (χ1) is 7.18. The number of aromatic nitrogens is 4. The van der Waals surface area contributed by atoms with Gasteiger partial charge in [-0.15, -0.1) is 0 Å². The summed E-state index contributed by atoms with van der Waals surface area (Å²) in [5, 5.41) is 10.8. The number of hydrogen-bond donors (Lipinski definition) is 1. The summed E-state index contributed by atoms with van der Waals surface area (Å²) < 4.78 is 7.32. The molecule has 0 bridgehead atoms. The summed E-state index contributed by atoms with van der Waals surface area (Å²) in [4.78, 5) is 0. The highest BCUT2D eigenvalue weighted by Crippen LogP contribution is 2.13. The van der Waals surface area contributed by atoms with Crippen LogP contribution < -0.4 is 0 Å². The van der Waals surface area contributed by atoms with Gasteiger partial charge in [-0.1, -0.05) is 19.0 Å². The van der Waals surface area contributed by atoms with Crippen molar-refractivity contribution in [3.8, 4) is 0 Å². The van der Waals surface area contributed by atoms with E-state index in [9.17, 15) is 0 Å². The molecule has 5 nitrogen and oxygen atoms in total. The topological polar surface area (TPSA) is 59.6 Å². The van der Waals surface area contributed by atoms with Crippen LogP contribution in [0.15, 0.2) is 16.9 Å². The van der Waals surface area contributed by atoms with Crippen LogP contribution in [0.1, 0.15) is 31.3 Å². The molecular formula is C9H12N4OS. The Balaban J connectivity index is 2.35. The second-order valence-corrected chi connectivity index (χ2v) is 4.01. The molecule has 1 N–H and O–H groups in total. The van der Waals surface area contributed by atoms with E-state index in [-0.39, 0.29) is 0 Å². The van der Waals surface area contributed by atoms with Crippen molar-refractivity contribution < 1.29 is 4.52 Å². The molecule has 0 aliphatic heterocycles. The molecule has 0 radical (unpaired) electrons. The molecule has 2 rings (SSSR count). The van der Waals surface area contributed by atoms with Crippen molar-refractivity contribution in [2.45, 2.75) is 26.3 Å². The predicted molar refractivity (Wildman–Crippen MR) is 57.1 cm³/mol. The Bertz CT molecular complexity index is 482. The summed E-state index contributed by atoms with van der Waals surface area (Å²) in [5.41, 5.74) is 0.842. The van der Waals surface area contributed by atoms with Gasteiger partial charge in [-0.3, -0.25) is 9.67 Å². The Kier molecular flexibility index (Phi) is 2.68. The van der Waals surface area contributed by atoms with Gasteiger partial charge in [0.2, 0.25) is 0 Å². The number of H-pyrrole nitrogens is 1. The summed E-state index contributed by atoms with van der Waals surface area (Å²) in [5.74, 6) is 1.26. The van der Waals surface area contributed by atoms with Gasteiger partial charge in [0.25, 0.3) is 0 Å². The van der Waals surface area contributed by atoms with Gasteiger partial charge in [-0.05, 0) is 12.2 Å². The molecule has 2 aromatic heterocycles. The third-order valence-corrected chi connectivity index (χ3v) is 2.43. The van der Waals surface area contributed by atoms with E-state index >= 15 is 0 Å². The summed E-state index contributed by atoms with van der Waals surface area (Å²) in [6.45, 7) is 4.74. The molecule has 0 aromatic carbocycles. The molecule has 0 saturated carbocycles. The highest BCUT2D eigenvalue weighted by molar-refractivity contribution is 7.71. The third-order valence-electron chi connectivity index (χ3n) is 2.12. The Morgan fingerprint density at radius 1 is 1.60 bits per heavy atom. The molecule has 0 unspecified atom stereocenters. The lowest BCUT2D eigenvalue weighted by Crippen LogP contribution is -2.07. The molecular weight excluding hydrogens is 212 g/mol. The standard InChI is InChI=1S/C9H12N4OS/c1-6(2)8-10-11-9(15)13(8)5-7-3-4-14-12-7/h3-4,6H,5H2,1-2H3,(H,11,15). The van der Waals surface area contributed by atoms with Gasteiger partial charge in [0.05, 0.1) is 6.54 Å². The van der Waals surface area contributed by atoms with Gasteiger partial charge in [0.1, 0.15) is 17.8 Å². The molecule has 0 saturated heterocycles. The van der Waals surface area contributed by atoms with Crippen LogP contribution in [0.2, 0.25) is 0 Å². The first kappa shape index (κ1) is 10.1. The van der Waals surface area contributed by atoms with Crippen molar-refractivity contribution in [3.05, 3.63) is 28.6 Å². The highest BCUT2D eigenvalue weighted by atomic mass is 32.1. The van der Waals surface area contributed by atoms with Gasteiger partial charge in [0, 0.05) is 12.0 Å². The van der Waals surface area contributed by atoms with Crippen LogP contribution in [-0.4, -0.2) is 19.9 Å². The molecule has 0 atom stereocenters. The Labute approximate surface area is 92.1 Å². The van der Waals surface area contributed by atoms with E-state index in [0.717, 1.165) is 11.5 Å². The maximum absolute atomic E-state index is 5.15. The zero-order valence-corrected chi connectivity index (χ0v) is 9.41. The van der Waals surface area contributed by atoms with E-state index in [1.807, 2.05) is 10.6 Å². The monoisotopic (exact) mass is 224 g/mol. The summed E-state index contributed by atoms with van der Waals surface area (Å²) in [6.07, 6.45) is 1.55. The Hall–Kier alpha value is -1.43. The summed E-state index contributed by atoms with van der Waals surface area (Å²) >= 11 is 5.15. The minimum Gasteiger partial charge on any atom is -0.364 e. The maximum atomic E-state index is 5.15. The molecule has 2 heterocycles. The van der Waals surface area contributed by atoms with Gasteiger partial charge in [0.15, 0.2) is 4.77 Å². The van der Waals surface area contributed by atoms with Crippen LogP contribution in [0.5, 0.6) is 0 Å². The minimum absolute atomic E-state index is 0.324. The average molecular weight is 224 g/mol. The van der Waals surface area contributed by atoms with Crippen molar-refractivity contribution in [2.24, 2.45) is 0 Å². The third kappa shape index (κ3) is 1.99. The molecule has 2 aromatic rings. The van der Waals surface area contributed by atoms with Gasteiger partial charge in [-0.2, -0.15) is 5.10 Å². The normalized spacial score (nSPS) is 11.1. The minimum atomic E-state index is 0.324. The largest absolute Gasteiger partial charge is 0.364 e. The molecule has 15 heavy (non-hydrogen) atoms. The number of hydrogen-bond acceptors (Lipinski definition) is 4. The molecule has 80 valence electrons. The number of aromatic amines is 1.